The highest BCUT2D eigenvalue weighted by molar-refractivity contribution is 5.84. The number of aromatic nitrogens is 3. The monoisotopic (exact) mass is 252 g/mol. The van der Waals surface area contributed by atoms with Gasteiger partial charge in [0.05, 0.1) is 18.1 Å². The van der Waals surface area contributed by atoms with E-state index in [2.05, 4.69) is 15.0 Å². The van der Waals surface area contributed by atoms with Gasteiger partial charge in [-0.25, -0.2) is 4.98 Å². The molecule has 2 aromatic heterocycles. The van der Waals surface area contributed by atoms with E-state index in [1.807, 2.05) is 30.3 Å². The number of benzene rings is 1. The van der Waals surface area contributed by atoms with Gasteiger partial charge in [-0.1, -0.05) is 18.2 Å². The standard InChI is InChI=1S/C14H12N4O/c15-7-11-8-18-13(9-17-11)19-12-5-1-3-10-4-2-6-16-14(10)12/h1-6,8-9H,7,15H2. The van der Waals surface area contributed by atoms with Crippen LogP contribution in [0.1, 0.15) is 5.69 Å². The van der Waals surface area contributed by atoms with Crippen LogP contribution in [0.2, 0.25) is 0 Å². The van der Waals surface area contributed by atoms with Crippen LogP contribution in [0.4, 0.5) is 0 Å². The molecule has 0 saturated heterocycles. The summed E-state index contributed by atoms with van der Waals surface area (Å²) in [7, 11) is 0. The summed E-state index contributed by atoms with van der Waals surface area (Å²) >= 11 is 0. The third-order valence-corrected chi connectivity index (χ3v) is 2.70. The van der Waals surface area contributed by atoms with Crippen molar-refractivity contribution in [3.63, 3.8) is 0 Å². The van der Waals surface area contributed by atoms with Gasteiger partial charge in [-0.05, 0) is 12.1 Å². The molecule has 2 N–H and O–H groups in total. The van der Waals surface area contributed by atoms with Crippen LogP contribution in [0.15, 0.2) is 48.9 Å². The predicted molar refractivity (Wildman–Crippen MR) is 71.7 cm³/mol. The first-order valence-electron chi connectivity index (χ1n) is 5.89. The number of fused-ring (bicyclic) bond motifs is 1. The topological polar surface area (TPSA) is 73.9 Å². The van der Waals surface area contributed by atoms with E-state index in [9.17, 15) is 0 Å². The van der Waals surface area contributed by atoms with Crippen molar-refractivity contribution in [2.45, 2.75) is 6.54 Å². The van der Waals surface area contributed by atoms with Crippen LogP contribution in [0.25, 0.3) is 10.9 Å². The summed E-state index contributed by atoms with van der Waals surface area (Å²) in [6.45, 7) is 0.364. The van der Waals surface area contributed by atoms with E-state index in [-0.39, 0.29) is 0 Å². The molecule has 0 saturated carbocycles. The van der Waals surface area contributed by atoms with Crippen molar-refractivity contribution in [3.05, 3.63) is 54.6 Å². The molecule has 0 aliphatic heterocycles. The Morgan fingerprint density at radius 3 is 2.68 bits per heavy atom. The maximum atomic E-state index is 5.71. The molecule has 19 heavy (non-hydrogen) atoms. The van der Waals surface area contributed by atoms with Crippen molar-refractivity contribution < 1.29 is 4.74 Å². The normalized spacial score (nSPS) is 10.6. The molecule has 0 unspecified atom stereocenters. The summed E-state index contributed by atoms with van der Waals surface area (Å²) < 4.78 is 5.71. The summed E-state index contributed by atoms with van der Waals surface area (Å²) in [5, 5.41) is 1.02. The molecule has 3 aromatic rings. The summed E-state index contributed by atoms with van der Waals surface area (Å²) in [4.78, 5) is 12.6. The van der Waals surface area contributed by atoms with Crippen LogP contribution in [0.3, 0.4) is 0 Å². The minimum absolute atomic E-state index is 0.364. The van der Waals surface area contributed by atoms with Gasteiger partial charge < -0.3 is 10.5 Å². The third kappa shape index (κ3) is 2.36. The Labute approximate surface area is 110 Å². The van der Waals surface area contributed by atoms with Crippen molar-refractivity contribution >= 4 is 10.9 Å². The Kier molecular flexibility index (Phi) is 3.04. The number of pyridine rings is 1. The zero-order valence-corrected chi connectivity index (χ0v) is 10.2. The van der Waals surface area contributed by atoms with Crippen LogP contribution in [0, 0.1) is 0 Å². The molecule has 0 spiro atoms. The molecule has 0 aliphatic rings. The van der Waals surface area contributed by atoms with Gasteiger partial charge in [-0.2, -0.15) is 0 Å². The molecule has 0 fully saturated rings. The van der Waals surface area contributed by atoms with Crippen LogP contribution < -0.4 is 10.5 Å². The number of nitrogens with two attached hydrogens (primary N) is 1. The molecule has 94 valence electrons. The lowest BCUT2D eigenvalue weighted by atomic mass is 10.2. The van der Waals surface area contributed by atoms with Gasteiger partial charge >= 0.3 is 0 Å². The minimum atomic E-state index is 0.364. The van der Waals surface area contributed by atoms with E-state index in [1.165, 1.54) is 0 Å². The van der Waals surface area contributed by atoms with E-state index < -0.39 is 0 Å². The first-order valence-corrected chi connectivity index (χ1v) is 5.89. The second kappa shape index (κ2) is 4.99. The summed E-state index contributed by atoms with van der Waals surface area (Å²) in [5.74, 6) is 1.09. The lowest BCUT2D eigenvalue weighted by Crippen LogP contribution is -2.00. The predicted octanol–water partition coefficient (Wildman–Crippen LogP) is 2.28. The maximum Gasteiger partial charge on any atom is 0.237 e. The highest BCUT2D eigenvalue weighted by Gasteiger charge is 2.05. The van der Waals surface area contributed by atoms with E-state index >= 15 is 0 Å². The summed E-state index contributed by atoms with van der Waals surface area (Å²) in [6.07, 6.45) is 4.90. The molecule has 5 nitrogen and oxygen atoms in total. The fourth-order valence-corrected chi connectivity index (χ4v) is 1.77. The number of hydrogen-bond acceptors (Lipinski definition) is 5. The maximum absolute atomic E-state index is 5.71. The summed E-state index contributed by atoms with van der Waals surface area (Å²) in [5.41, 5.74) is 7.00. The quantitative estimate of drug-likeness (QED) is 0.774. The van der Waals surface area contributed by atoms with Crippen LogP contribution in [0.5, 0.6) is 11.6 Å². The van der Waals surface area contributed by atoms with Gasteiger partial charge in [0.25, 0.3) is 0 Å². The van der Waals surface area contributed by atoms with Crippen molar-refractivity contribution in [3.8, 4) is 11.6 Å². The first kappa shape index (κ1) is 11.6. The molecule has 0 atom stereocenters. The molecule has 0 amide bonds. The molecule has 0 radical (unpaired) electrons. The van der Waals surface area contributed by atoms with Gasteiger partial charge in [-0.15, -0.1) is 0 Å². The fourth-order valence-electron chi connectivity index (χ4n) is 1.77. The fraction of sp³-hybridized carbons (Fsp3) is 0.0714. The molecular weight excluding hydrogens is 240 g/mol. The third-order valence-electron chi connectivity index (χ3n) is 2.70. The lowest BCUT2D eigenvalue weighted by Gasteiger charge is -2.07. The van der Waals surface area contributed by atoms with Crippen LogP contribution in [-0.4, -0.2) is 15.0 Å². The molecule has 0 bridgehead atoms. The molecule has 1 aromatic carbocycles. The van der Waals surface area contributed by atoms with Crippen LogP contribution in [-0.2, 0) is 6.54 Å². The molecular formula is C14H12N4O. The number of rotatable bonds is 3. The molecule has 2 heterocycles. The van der Waals surface area contributed by atoms with Crippen molar-refractivity contribution in [1.29, 1.82) is 0 Å². The second-order valence-corrected chi connectivity index (χ2v) is 3.98. The van der Waals surface area contributed by atoms with E-state index in [1.54, 1.807) is 18.6 Å². The average molecular weight is 252 g/mol. The Bertz CT molecular complexity index is 692. The van der Waals surface area contributed by atoms with Gasteiger partial charge in [-0.3, -0.25) is 9.97 Å². The average Bonchev–Trinajstić information content (AvgIpc) is 2.48. The van der Waals surface area contributed by atoms with Crippen LogP contribution >= 0.6 is 0 Å². The smallest absolute Gasteiger partial charge is 0.237 e. The Morgan fingerprint density at radius 1 is 1.00 bits per heavy atom. The second-order valence-electron chi connectivity index (χ2n) is 3.98. The van der Waals surface area contributed by atoms with E-state index in [0.717, 1.165) is 16.6 Å². The van der Waals surface area contributed by atoms with E-state index in [4.69, 9.17) is 10.5 Å². The highest BCUT2D eigenvalue weighted by atomic mass is 16.5. The number of hydrogen-bond donors (Lipinski definition) is 1. The van der Waals surface area contributed by atoms with Crippen molar-refractivity contribution in [2.24, 2.45) is 5.73 Å². The lowest BCUT2D eigenvalue weighted by molar-refractivity contribution is 0.463. The first-order chi connectivity index (χ1) is 9.36. The largest absolute Gasteiger partial charge is 0.435 e. The Morgan fingerprint density at radius 2 is 1.89 bits per heavy atom. The Hall–Kier alpha value is -2.53. The van der Waals surface area contributed by atoms with Gasteiger partial charge in [0.2, 0.25) is 5.88 Å². The minimum Gasteiger partial charge on any atom is -0.435 e. The number of ether oxygens (including phenoxy) is 1. The zero-order valence-electron chi connectivity index (χ0n) is 10.2. The van der Waals surface area contributed by atoms with Gasteiger partial charge in [0.15, 0.2) is 5.75 Å². The number of para-hydroxylation sites is 1. The molecule has 5 heteroatoms. The Balaban J connectivity index is 1.96. The van der Waals surface area contributed by atoms with E-state index in [0.29, 0.717) is 18.2 Å². The summed E-state index contributed by atoms with van der Waals surface area (Å²) in [6, 6.07) is 9.63. The van der Waals surface area contributed by atoms with Gasteiger partial charge in [0, 0.05) is 18.1 Å². The van der Waals surface area contributed by atoms with Crippen molar-refractivity contribution in [2.75, 3.05) is 0 Å². The number of nitrogens with zero attached hydrogens (tertiary/aromatic N) is 3. The van der Waals surface area contributed by atoms with Crippen molar-refractivity contribution in [1.82, 2.24) is 15.0 Å². The highest BCUT2D eigenvalue weighted by Crippen LogP contribution is 2.26. The molecule has 0 aliphatic carbocycles. The zero-order chi connectivity index (χ0) is 13.1. The molecule has 3 rings (SSSR count). The van der Waals surface area contributed by atoms with Gasteiger partial charge in [0.1, 0.15) is 5.52 Å². The SMILES string of the molecule is NCc1cnc(Oc2cccc3cccnc23)cn1.